The second-order valence-electron chi connectivity index (χ2n) is 7.13. The molecule has 1 aromatic heterocycles. The van der Waals surface area contributed by atoms with Gasteiger partial charge in [-0.2, -0.15) is 0 Å². The predicted octanol–water partition coefficient (Wildman–Crippen LogP) is 3.42. The lowest BCUT2D eigenvalue weighted by Crippen LogP contribution is -2.21. The molecule has 2 aliphatic rings. The molecule has 134 valence electrons. The molecular formula is C20H28N4O. The minimum absolute atomic E-state index is 0.769. The van der Waals surface area contributed by atoms with Crippen molar-refractivity contribution in [3.8, 4) is 5.75 Å². The van der Waals surface area contributed by atoms with E-state index >= 15 is 0 Å². The average molecular weight is 340 g/mol. The van der Waals surface area contributed by atoms with Crippen LogP contribution in [0.15, 0.2) is 12.1 Å². The number of ether oxygens (including phenoxy) is 1. The maximum Gasteiger partial charge on any atom is 0.131 e. The van der Waals surface area contributed by atoms with Crippen molar-refractivity contribution in [2.45, 2.75) is 32.6 Å². The van der Waals surface area contributed by atoms with Crippen LogP contribution in [-0.2, 0) is 6.42 Å². The molecule has 25 heavy (non-hydrogen) atoms. The highest BCUT2D eigenvalue weighted by molar-refractivity contribution is 5.97. The molecule has 0 radical (unpaired) electrons. The maximum absolute atomic E-state index is 6.09. The maximum atomic E-state index is 6.09. The number of aromatic nitrogens is 1. The first-order chi connectivity index (χ1) is 12.3. The zero-order valence-corrected chi connectivity index (χ0v) is 15.3. The van der Waals surface area contributed by atoms with Gasteiger partial charge in [0.1, 0.15) is 11.6 Å². The third-order valence-electron chi connectivity index (χ3n) is 5.37. The summed E-state index contributed by atoms with van der Waals surface area (Å²) < 4.78 is 6.09. The zero-order chi connectivity index (χ0) is 17.2. The Labute approximate surface area is 149 Å². The molecule has 5 nitrogen and oxygen atoms in total. The summed E-state index contributed by atoms with van der Waals surface area (Å²) in [5.41, 5.74) is 4.72. The molecule has 1 saturated heterocycles. The van der Waals surface area contributed by atoms with Crippen molar-refractivity contribution in [1.82, 2.24) is 9.88 Å². The van der Waals surface area contributed by atoms with E-state index in [9.17, 15) is 0 Å². The first-order valence-corrected chi connectivity index (χ1v) is 9.50. The van der Waals surface area contributed by atoms with Crippen LogP contribution in [0.5, 0.6) is 5.75 Å². The number of fused-ring (bicyclic) bond motifs is 3. The Morgan fingerprint density at radius 1 is 1.28 bits per heavy atom. The summed E-state index contributed by atoms with van der Waals surface area (Å²) in [6, 6.07) is 4.32. The minimum Gasteiger partial charge on any atom is -0.493 e. The quantitative estimate of drug-likeness (QED) is 0.789. The third-order valence-corrected chi connectivity index (χ3v) is 5.37. The number of anilines is 2. The van der Waals surface area contributed by atoms with Crippen molar-refractivity contribution in [1.29, 1.82) is 0 Å². The van der Waals surface area contributed by atoms with E-state index in [4.69, 9.17) is 9.72 Å². The van der Waals surface area contributed by atoms with Gasteiger partial charge in [-0.3, -0.25) is 0 Å². The molecule has 4 rings (SSSR count). The van der Waals surface area contributed by atoms with Crippen LogP contribution >= 0.6 is 0 Å². The molecule has 2 N–H and O–H groups in total. The van der Waals surface area contributed by atoms with Gasteiger partial charge in [0.25, 0.3) is 0 Å². The van der Waals surface area contributed by atoms with Crippen LogP contribution in [0.25, 0.3) is 10.9 Å². The second-order valence-corrected chi connectivity index (χ2v) is 7.13. The summed E-state index contributed by atoms with van der Waals surface area (Å²) in [5.74, 6) is 1.94. The molecule has 0 saturated carbocycles. The lowest BCUT2D eigenvalue weighted by Gasteiger charge is -2.16. The number of nitrogens with zero attached hydrogens (tertiary/aromatic N) is 2. The topological polar surface area (TPSA) is 49.4 Å². The van der Waals surface area contributed by atoms with Crippen LogP contribution in [-0.4, -0.2) is 49.7 Å². The van der Waals surface area contributed by atoms with Crippen LogP contribution in [0.4, 0.5) is 11.5 Å². The highest BCUT2D eigenvalue weighted by Gasteiger charge is 2.20. The van der Waals surface area contributed by atoms with Crippen molar-refractivity contribution in [3.63, 3.8) is 0 Å². The molecule has 0 atom stereocenters. The van der Waals surface area contributed by atoms with Gasteiger partial charge < -0.3 is 20.3 Å². The van der Waals surface area contributed by atoms with Crippen molar-refractivity contribution in [2.75, 3.05) is 50.5 Å². The van der Waals surface area contributed by atoms with E-state index in [1.807, 2.05) is 7.05 Å². The molecular weight excluding hydrogens is 312 g/mol. The SMILES string of the molecule is CNc1nc2cc(OCCCN3CCCC3)c(C)cc2c2c1CCN2. The van der Waals surface area contributed by atoms with Gasteiger partial charge in [-0.25, -0.2) is 4.98 Å². The summed E-state index contributed by atoms with van der Waals surface area (Å²) in [6.07, 6.45) is 4.81. The second kappa shape index (κ2) is 7.08. The van der Waals surface area contributed by atoms with Crippen LogP contribution in [0.2, 0.25) is 0 Å². The summed E-state index contributed by atoms with van der Waals surface area (Å²) >= 11 is 0. The van der Waals surface area contributed by atoms with Gasteiger partial charge in [0.15, 0.2) is 0 Å². The Hall–Kier alpha value is -2.01. The molecule has 3 heterocycles. The molecule has 1 fully saturated rings. The van der Waals surface area contributed by atoms with Gasteiger partial charge in [0, 0.05) is 37.2 Å². The van der Waals surface area contributed by atoms with Gasteiger partial charge in [-0.05, 0) is 57.3 Å². The zero-order valence-electron chi connectivity index (χ0n) is 15.3. The number of hydrogen-bond acceptors (Lipinski definition) is 5. The van der Waals surface area contributed by atoms with Crippen LogP contribution in [0.3, 0.4) is 0 Å². The molecule has 5 heteroatoms. The fourth-order valence-corrected chi connectivity index (χ4v) is 4.04. The summed E-state index contributed by atoms with van der Waals surface area (Å²) in [6.45, 7) is 7.53. The molecule has 2 aromatic rings. The van der Waals surface area contributed by atoms with Gasteiger partial charge in [0.2, 0.25) is 0 Å². The van der Waals surface area contributed by atoms with Crippen LogP contribution in [0, 0.1) is 6.92 Å². The van der Waals surface area contributed by atoms with Crippen molar-refractivity contribution in [3.05, 3.63) is 23.3 Å². The Balaban J connectivity index is 1.51. The first-order valence-electron chi connectivity index (χ1n) is 9.50. The number of likely N-dealkylation sites (tertiary alicyclic amines) is 1. The number of rotatable bonds is 6. The Kier molecular flexibility index (Phi) is 4.66. The normalized spacial score (nSPS) is 16.9. The van der Waals surface area contributed by atoms with E-state index in [2.05, 4.69) is 34.6 Å². The van der Waals surface area contributed by atoms with Crippen LogP contribution < -0.4 is 15.4 Å². The molecule has 0 aliphatic carbocycles. The van der Waals surface area contributed by atoms with Crippen LogP contribution in [0.1, 0.15) is 30.4 Å². The summed E-state index contributed by atoms with van der Waals surface area (Å²) in [7, 11) is 1.94. The Bertz CT molecular complexity index is 768. The molecule has 0 spiro atoms. The van der Waals surface area contributed by atoms with Crippen molar-refractivity contribution in [2.24, 2.45) is 0 Å². The number of nitrogens with one attached hydrogen (secondary N) is 2. The molecule has 0 amide bonds. The number of hydrogen-bond donors (Lipinski definition) is 2. The highest BCUT2D eigenvalue weighted by Crippen LogP contribution is 2.37. The van der Waals surface area contributed by atoms with E-state index in [0.29, 0.717) is 0 Å². The van der Waals surface area contributed by atoms with Crippen molar-refractivity contribution >= 4 is 22.4 Å². The van der Waals surface area contributed by atoms with Gasteiger partial charge in [-0.15, -0.1) is 0 Å². The van der Waals surface area contributed by atoms with Gasteiger partial charge in [-0.1, -0.05) is 0 Å². The Morgan fingerprint density at radius 3 is 2.92 bits per heavy atom. The minimum atomic E-state index is 0.769. The standard InChI is InChI=1S/C20H28N4O/c1-14-12-16-17(23-20(21-2)15-6-7-22-19(15)16)13-18(14)25-11-5-10-24-8-3-4-9-24/h12-13,22H,3-11H2,1-2H3,(H,21,23). The highest BCUT2D eigenvalue weighted by atomic mass is 16.5. The fraction of sp³-hybridized carbons (Fsp3) is 0.550. The van der Waals surface area contributed by atoms with E-state index in [-0.39, 0.29) is 0 Å². The largest absolute Gasteiger partial charge is 0.493 e. The van der Waals surface area contributed by atoms with E-state index < -0.39 is 0 Å². The summed E-state index contributed by atoms with van der Waals surface area (Å²) in [4.78, 5) is 7.35. The van der Waals surface area contributed by atoms with Crippen molar-refractivity contribution < 1.29 is 4.74 Å². The fourth-order valence-electron chi connectivity index (χ4n) is 4.04. The summed E-state index contributed by atoms with van der Waals surface area (Å²) in [5, 5.41) is 7.96. The lowest BCUT2D eigenvalue weighted by atomic mass is 10.1. The van der Waals surface area contributed by atoms with Gasteiger partial charge in [0.05, 0.1) is 17.8 Å². The van der Waals surface area contributed by atoms with E-state index in [1.54, 1.807) is 0 Å². The number of pyridine rings is 1. The molecule has 2 aliphatic heterocycles. The number of aryl methyl sites for hydroxylation is 1. The predicted molar refractivity (Wildman–Crippen MR) is 104 cm³/mol. The van der Waals surface area contributed by atoms with E-state index in [1.165, 1.54) is 48.1 Å². The lowest BCUT2D eigenvalue weighted by molar-refractivity contribution is 0.262. The van der Waals surface area contributed by atoms with Gasteiger partial charge >= 0.3 is 0 Å². The molecule has 0 unspecified atom stereocenters. The number of benzene rings is 1. The average Bonchev–Trinajstić information content (AvgIpc) is 3.30. The monoisotopic (exact) mass is 340 g/mol. The van der Waals surface area contributed by atoms with E-state index in [0.717, 1.165) is 49.6 Å². The first kappa shape index (κ1) is 16.5. The third kappa shape index (κ3) is 3.25. The molecule has 1 aromatic carbocycles. The molecule has 0 bridgehead atoms. The Morgan fingerprint density at radius 2 is 2.12 bits per heavy atom. The smallest absolute Gasteiger partial charge is 0.131 e.